The lowest BCUT2D eigenvalue weighted by Crippen LogP contribution is -2.49. The summed E-state index contributed by atoms with van der Waals surface area (Å²) in [6.07, 6.45) is 6.00. The minimum Gasteiger partial charge on any atom is -0.300 e. The molecule has 0 aliphatic carbocycles. The number of nitrogens with two attached hydrogens (primary N) is 1. The summed E-state index contributed by atoms with van der Waals surface area (Å²) in [7, 11) is 4.16. The van der Waals surface area contributed by atoms with Crippen molar-refractivity contribution in [1.82, 2.24) is 20.1 Å². The zero-order valence-corrected chi connectivity index (χ0v) is 13.9. The second-order valence-electron chi connectivity index (χ2n) is 6.74. The maximum atomic E-state index is 6.37. The minimum atomic E-state index is 0.280. The topological polar surface area (TPSA) is 59.1 Å². The summed E-state index contributed by atoms with van der Waals surface area (Å²) in [6.45, 7) is 2.02. The van der Waals surface area contributed by atoms with Crippen molar-refractivity contribution in [3.8, 4) is 0 Å². The second kappa shape index (κ2) is 5.88. The molecule has 5 nitrogen and oxygen atoms in total. The van der Waals surface area contributed by atoms with E-state index < -0.39 is 0 Å². The summed E-state index contributed by atoms with van der Waals surface area (Å²) in [4.78, 5) is 2.56. The molecule has 3 N–H and O–H groups in total. The van der Waals surface area contributed by atoms with Crippen molar-refractivity contribution in [1.29, 1.82) is 0 Å². The molecule has 2 fully saturated rings. The molecule has 0 aromatic carbocycles. The predicted molar refractivity (Wildman–Crippen MR) is 85.1 cm³/mol. The number of hydrogen-bond acceptors (Lipinski definition) is 4. The van der Waals surface area contributed by atoms with E-state index in [1.807, 2.05) is 14.0 Å². The molecule has 2 saturated heterocycles. The Morgan fingerprint density at radius 2 is 1.95 bits per heavy atom. The Labute approximate surface area is 131 Å². The third kappa shape index (κ3) is 2.72. The van der Waals surface area contributed by atoms with Crippen LogP contribution in [0.3, 0.4) is 0 Å². The van der Waals surface area contributed by atoms with E-state index >= 15 is 0 Å². The highest BCUT2D eigenvalue weighted by atomic mass is 35.5. The summed E-state index contributed by atoms with van der Waals surface area (Å²) in [6, 6.07) is 1.74. The molecule has 0 saturated carbocycles. The highest BCUT2D eigenvalue weighted by Gasteiger charge is 2.41. The Morgan fingerprint density at radius 3 is 2.43 bits per heavy atom. The van der Waals surface area contributed by atoms with Gasteiger partial charge in [-0.15, -0.1) is 0 Å². The molecule has 2 aliphatic heterocycles. The summed E-state index contributed by atoms with van der Waals surface area (Å²) in [5, 5.41) is 5.14. The van der Waals surface area contributed by atoms with Crippen molar-refractivity contribution in [2.24, 2.45) is 18.8 Å². The first kappa shape index (κ1) is 15.3. The highest BCUT2D eigenvalue weighted by molar-refractivity contribution is 6.30. The van der Waals surface area contributed by atoms with Gasteiger partial charge < -0.3 is 4.90 Å². The quantitative estimate of drug-likeness (QED) is 0.655. The average Bonchev–Trinajstić information content (AvgIpc) is 2.82. The van der Waals surface area contributed by atoms with E-state index in [1.165, 1.54) is 25.7 Å². The van der Waals surface area contributed by atoms with E-state index in [0.29, 0.717) is 5.92 Å². The molecule has 3 atom stereocenters. The lowest BCUT2D eigenvalue weighted by atomic mass is 9.83. The molecule has 21 heavy (non-hydrogen) atoms. The van der Waals surface area contributed by atoms with Gasteiger partial charge in [-0.3, -0.25) is 16.0 Å². The molecule has 0 radical (unpaired) electrons. The molecule has 2 aliphatic rings. The molecule has 3 unspecified atom stereocenters. The van der Waals surface area contributed by atoms with E-state index in [-0.39, 0.29) is 6.04 Å². The first-order valence-corrected chi connectivity index (χ1v) is 8.25. The number of hydrogen-bond donors (Lipinski definition) is 2. The molecule has 3 rings (SSSR count). The van der Waals surface area contributed by atoms with Crippen LogP contribution in [-0.4, -0.2) is 39.9 Å². The van der Waals surface area contributed by atoms with E-state index in [2.05, 4.69) is 22.5 Å². The summed E-state index contributed by atoms with van der Waals surface area (Å²) >= 11 is 6.37. The summed E-state index contributed by atoms with van der Waals surface area (Å²) in [5.41, 5.74) is 5.20. The number of fused-ring (bicyclic) bond motifs is 2. The molecule has 118 valence electrons. The maximum Gasteiger partial charge on any atom is 0.130 e. The van der Waals surface area contributed by atoms with Crippen LogP contribution in [-0.2, 0) is 13.5 Å². The predicted octanol–water partition coefficient (Wildman–Crippen LogP) is 1.63. The van der Waals surface area contributed by atoms with Crippen LogP contribution in [0.25, 0.3) is 0 Å². The van der Waals surface area contributed by atoms with Crippen molar-refractivity contribution in [3.63, 3.8) is 0 Å². The molecular weight excluding hydrogens is 286 g/mol. The van der Waals surface area contributed by atoms with Gasteiger partial charge in [-0.1, -0.05) is 11.6 Å². The zero-order valence-electron chi connectivity index (χ0n) is 13.1. The van der Waals surface area contributed by atoms with Crippen LogP contribution in [0, 0.1) is 12.8 Å². The van der Waals surface area contributed by atoms with Crippen LogP contribution >= 0.6 is 11.6 Å². The Morgan fingerprint density at radius 1 is 1.33 bits per heavy atom. The summed E-state index contributed by atoms with van der Waals surface area (Å²) in [5.74, 6) is 6.49. The largest absolute Gasteiger partial charge is 0.300 e. The number of halogens is 1. The second-order valence-corrected chi connectivity index (χ2v) is 7.10. The van der Waals surface area contributed by atoms with Gasteiger partial charge in [-0.2, -0.15) is 5.10 Å². The number of nitrogens with zero attached hydrogens (tertiary/aromatic N) is 3. The lowest BCUT2D eigenvalue weighted by molar-refractivity contribution is 0.112. The van der Waals surface area contributed by atoms with Gasteiger partial charge in [0.05, 0.1) is 5.69 Å². The monoisotopic (exact) mass is 311 g/mol. The first-order chi connectivity index (χ1) is 10.0. The average molecular weight is 312 g/mol. The fourth-order valence-electron chi connectivity index (χ4n) is 4.27. The normalized spacial score (nSPS) is 30.8. The third-order valence-electron chi connectivity index (χ3n) is 5.61. The van der Waals surface area contributed by atoms with Gasteiger partial charge in [0.15, 0.2) is 0 Å². The number of piperidine rings is 1. The van der Waals surface area contributed by atoms with E-state index in [9.17, 15) is 0 Å². The van der Waals surface area contributed by atoms with Crippen molar-refractivity contribution in [3.05, 3.63) is 16.4 Å². The molecule has 2 bridgehead atoms. The number of aromatic nitrogens is 2. The minimum absolute atomic E-state index is 0.280. The Balaban J connectivity index is 1.74. The fourth-order valence-corrected chi connectivity index (χ4v) is 4.52. The van der Waals surface area contributed by atoms with Crippen LogP contribution in [0.15, 0.2) is 0 Å². The van der Waals surface area contributed by atoms with E-state index in [4.69, 9.17) is 17.4 Å². The van der Waals surface area contributed by atoms with Crippen molar-refractivity contribution < 1.29 is 0 Å². The van der Waals surface area contributed by atoms with Crippen molar-refractivity contribution >= 4 is 11.6 Å². The maximum absolute atomic E-state index is 6.37. The Kier molecular flexibility index (Phi) is 4.28. The van der Waals surface area contributed by atoms with Gasteiger partial charge in [0, 0.05) is 30.7 Å². The van der Waals surface area contributed by atoms with Gasteiger partial charge in [0.2, 0.25) is 0 Å². The van der Waals surface area contributed by atoms with E-state index in [0.717, 1.165) is 34.9 Å². The smallest absolute Gasteiger partial charge is 0.130 e. The number of aryl methyl sites for hydroxylation is 2. The fraction of sp³-hybridized carbons (Fsp3) is 0.800. The zero-order chi connectivity index (χ0) is 15.1. The standard InChI is InChI=1S/C15H26ClN5/c1-9-13(15(16)21(3)19-9)8-14(18-17)10-6-11-4-5-12(7-10)20(11)2/h10-12,14,18H,4-8,17H2,1-3H3. The molecule has 6 heteroatoms. The highest BCUT2D eigenvalue weighted by Crippen LogP contribution is 2.39. The number of hydrazine groups is 1. The van der Waals surface area contributed by atoms with Gasteiger partial charge in [-0.05, 0) is 52.0 Å². The van der Waals surface area contributed by atoms with E-state index in [1.54, 1.807) is 4.68 Å². The van der Waals surface area contributed by atoms with Crippen molar-refractivity contribution in [2.45, 2.75) is 57.2 Å². The molecule has 0 spiro atoms. The molecule has 3 heterocycles. The SMILES string of the molecule is Cc1nn(C)c(Cl)c1CC(NN)C1CC2CCC(C1)N2C. The van der Waals surface area contributed by atoms with Crippen LogP contribution in [0.1, 0.15) is 36.9 Å². The molecule has 1 aromatic rings. The number of nitrogens with one attached hydrogen (secondary N) is 1. The first-order valence-electron chi connectivity index (χ1n) is 7.87. The third-order valence-corrected chi connectivity index (χ3v) is 6.08. The van der Waals surface area contributed by atoms with Gasteiger partial charge in [0.1, 0.15) is 5.15 Å². The number of rotatable bonds is 4. The Hall–Kier alpha value is -0.620. The van der Waals surface area contributed by atoms with Gasteiger partial charge in [-0.25, -0.2) is 0 Å². The van der Waals surface area contributed by atoms with Crippen LogP contribution in [0.5, 0.6) is 0 Å². The van der Waals surface area contributed by atoms with Crippen LogP contribution < -0.4 is 11.3 Å². The van der Waals surface area contributed by atoms with Crippen molar-refractivity contribution in [2.75, 3.05) is 7.05 Å². The summed E-state index contributed by atoms with van der Waals surface area (Å²) < 4.78 is 1.75. The lowest BCUT2D eigenvalue weighted by Gasteiger charge is -2.39. The molecule has 1 aromatic heterocycles. The molecular formula is C15H26ClN5. The van der Waals surface area contributed by atoms with Gasteiger partial charge >= 0.3 is 0 Å². The Bertz CT molecular complexity index is 500. The van der Waals surface area contributed by atoms with Gasteiger partial charge in [0.25, 0.3) is 0 Å². The van der Waals surface area contributed by atoms with Crippen LogP contribution in [0.4, 0.5) is 0 Å². The van der Waals surface area contributed by atoms with Crippen LogP contribution in [0.2, 0.25) is 5.15 Å². The molecule has 0 amide bonds.